The molecular formula is C32H46N2O3S. The number of methoxy groups -OCH3 is 1. The highest BCUT2D eigenvalue weighted by atomic mass is 32.2. The molecule has 2 aromatic rings. The first kappa shape index (κ1) is 29.9. The van der Waals surface area contributed by atoms with E-state index in [4.69, 9.17) is 9.47 Å². The molecule has 1 amide bonds. The molecule has 5 nitrogen and oxygen atoms in total. The van der Waals surface area contributed by atoms with Crippen LogP contribution in [0, 0.1) is 0 Å². The molecule has 208 valence electrons. The average molecular weight is 539 g/mol. The van der Waals surface area contributed by atoms with Crippen molar-refractivity contribution in [3.05, 3.63) is 65.2 Å². The molecule has 1 N–H and O–H groups in total. The van der Waals surface area contributed by atoms with E-state index >= 15 is 0 Å². The molecular weight excluding hydrogens is 492 g/mol. The topological polar surface area (TPSA) is 50.8 Å². The summed E-state index contributed by atoms with van der Waals surface area (Å²) in [6, 6.07) is 13.4. The molecule has 3 rings (SSSR count). The van der Waals surface area contributed by atoms with Gasteiger partial charge in [-0.3, -0.25) is 4.79 Å². The van der Waals surface area contributed by atoms with Gasteiger partial charge in [-0.25, -0.2) is 0 Å². The molecule has 1 aliphatic rings. The molecule has 0 unspecified atom stereocenters. The van der Waals surface area contributed by atoms with E-state index < -0.39 is 0 Å². The zero-order chi connectivity index (χ0) is 26.8. The summed E-state index contributed by atoms with van der Waals surface area (Å²) in [4.78, 5) is 15.2. The van der Waals surface area contributed by atoms with Crippen molar-refractivity contribution in [1.82, 2.24) is 4.90 Å². The number of thioether (sulfide) groups is 1. The fraction of sp³-hybridized carbons (Fsp3) is 0.531. The highest BCUT2D eigenvalue weighted by Gasteiger charge is 2.13. The monoisotopic (exact) mass is 538 g/mol. The summed E-state index contributed by atoms with van der Waals surface area (Å²) in [7, 11) is 1.63. The van der Waals surface area contributed by atoms with E-state index in [0.29, 0.717) is 23.7 Å². The van der Waals surface area contributed by atoms with Gasteiger partial charge in [0, 0.05) is 24.0 Å². The van der Waals surface area contributed by atoms with Crippen LogP contribution in [0.25, 0.3) is 0 Å². The van der Waals surface area contributed by atoms with Gasteiger partial charge in [-0.2, -0.15) is 0 Å². The number of amides is 1. The Kier molecular flexibility index (Phi) is 14.0. The van der Waals surface area contributed by atoms with Gasteiger partial charge in [-0.1, -0.05) is 89.7 Å². The van der Waals surface area contributed by atoms with Crippen molar-refractivity contribution in [2.24, 2.45) is 0 Å². The minimum absolute atomic E-state index is 0.156. The maximum atomic E-state index is 13.0. The zero-order valence-electron chi connectivity index (χ0n) is 23.4. The molecule has 0 aromatic heterocycles. The molecule has 0 atom stereocenters. The SMILES string of the molecule is CCCCCCCCCCCCCCOc1cc(C(=O)Nc2cccc(CN3C=CSC3)c2)ccc1OC. The summed E-state index contributed by atoms with van der Waals surface area (Å²) in [6.07, 6.45) is 17.9. The molecule has 0 saturated carbocycles. The Bertz CT molecular complexity index is 994. The van der Waals surface area contributed by atoms with E-state index in [1.807, 2.05) is 18.2 Å². The fourth-order valence-corrected chi connectivity index (χ4v) is 5.36. The lowest BCUT2D eigenvalue weighted by atomic mass is 10.1. The van der Waals surface area contributed by atoms with Crippen LogP contribution in [0.2, 0.25) is 0 Å². The summed E-state index contributed by atoms with van der Waals surface area (Å²) in [5, 5.41) is 5.13. The lowest BCUT2D eigenvalue weighted by Gasteiger charge is -2.15. The Morgan fingerprint density at radius 3 is 2.26 bits per heavy atom. The van der Waals surface area contributed by atoms with E-state index in [1.54, 1.807) is 37.1 Å². The second-order valence-electron chi connectivity index (χ2n) is 10.1. The second-order valence-corrected chi connectivity index (χ2v) is 10.9. The van der Waals surface area contributed by atoms with Crippen LogP contribution >= 0.6 is 11.8 Å². The van der Waals surface area contributed by atoms with Crippen molar-refractivity contribution in [2.45, 2.75) is 90.5 Å². The summed E-state index contributed by atoms with van der Waals surface area (Å²) < 4.78 is 11.5. The predicted molar refractivity (Wildman–Crippen MR) is 161 cm³/mol. The maximum absolute atomic E-state index is 13.0. The maximum Gasteiger partial charge on any atom is 0.255 e. The van der Waals surface area contributed by atoms with E-state index in [-0.39, 0.29) is 5.91 Å². The third kappa shape index (κ3) is 11.0. The summed E-state index contributed by atoms with van der Waals surface area (Å²) in [5.74, 6) is 2.08. The van der Waals surface area contributed by atoms with Crippen LogP contribution in [-0.2, 0) is 6.54 Å². The number of nitrogens with one attached hydrogen (secondary N) is 1. The van der Waals surface area contributed by atoms with E-state index in [2.05, 4.69) is 34.8 Å². The first-order chi connectivity index (χ1) is 18.7. The Hall–Kier alpha value is -2.60. The number of carbonyl (C=O) groups excluding carboxylic acids is 1. The van der Waals surface area contributed by atoms with Crippen LogP contribution in [0.15, 0.2) is 54.1 Å². The van der Waals surface area contributed by atoms with Crippen LogP contribution in [0.4, 0.5) is 5.69 Å². The van der Waals surface area contributed by atoms with Gasteiger partial charge in [0.15, 0.2) is 11.5 Å². The van der Waals surface area contributed by atoms with Gasteiger partial charge >= 0.3 is 0 Å². The number of hydrogen-bond acceptors (Lipinski definition) is 5. The minimum Gasteiger partial charge on any atom is -0.493 e. The Labute approximate surface area is 234 Å². The summed E-state index contributed by atoms with van der Waals surface area (Å²) in [6.45, 7) is 3.73. The van der Waals surface area contributed by atoms with Crippen LogP contribution in [0.5, 0.6) is 11.5 Å². The molecule has 0 bridgehead atoms. The normalized spacial score (nSPS) is 12.6. The van der Waals surface area contributed by atoms with Crippen LogP contribution in [-0.4, -0.2) is 30.4 Å². The van der Waals surface area contributed by atoms with E-state index in [1.165, 1.54) is 70.6 Å². The standard InChI is InChI=1S/C32H46N2O3S/c1-3-4-5-6-7-8-9-10-11-12-13-14-21-37-31-24-28(18-19-30(31)36-2)32(35)33-29-17-15-16-27(23-29)25-34-20-22-38-26-34/h15-20,22-24H,3-14,21,25-26H2,1-2H3,(H,33,35). The third-order valence-corrected chi connectivity index (χ3v) is 7.65. The first-order valence-electron chi connectivity index (χ1n) is 14.4. The second kappa shape index (κ2) is 17.8. The van der Waals surface area contributed by atoms with Crippen molar-refractivity contribution < 1.29 is 14.3 Å². The molecule has 1 aliphatic heterocycles. The first-order valence-corrected chi connectivity index (χ1v) is 15.5. The lowest BCUT2D eigenvalue weighted by Crippen LogP contribution is -2.14. The van der Waals surface area contributed by atoms with Crippen LogP contribution in [0.1, 0.15) is 99.9 Å². The largest absolute Gasteiger partial charge is 0.493 e. The number of benzene rings is 2. The van der Waals surface area contributed by atoms with Gasteiger partial charge in [-0.15, -0.1) is 11.8 Å². The van der Waals surface area contributed by atoms with Gasteiger partial charge in [0.25, 0.3) is 5.91 Å². The summed E-state index contributed by atoms with van der Waals surface area (Å²) >= 11 is 1.79. The van der Waals surface area contributed by atoms with Crippen LogP contribution < -0.4 is 14.8 Å². The molecule has 0 fully saturated rings. The molecule has 0 saturated heterocycles. The smallest absolute Gasteiger partial charge is 0.255 e. The van der Waals surface area contributed by atoms with Gasteiger partial charge in [0.2, 0.25) is 0 Å². The quantitative estimate of drug-likeness (QED) is 0.181. The van der Waals surface area contributed by atoms with Crippen molar-refractivity contribution in [3.63, 3.8) is 0 Å². The van der Waals surface area contributed by atoms with Crippen molar-refractivity contribution in [3.8, 4) is 11.5 Å². The predicted octanol–water partition coefficient (Wildman–Crippen LogP) is 9.00. The third-order valence-electron chi connectivity index (χ3n) is 6.86. The molecule has 0 aliphatic carbocycles. The molecule has 38 heavy (non-hydrogen) atoms. The number of carbonyl (C=O) groups is 1. The minimum atomic E-state index is -0.156. The number of anilines is 1. The Balaban J connectivity index is 1.37. The van der Waals surface area contributed by atoms with Gasteiger partial charge in [0.05, 0.1) is 19.6 Å². The fourth-order valence-electron chi connectivity index (χ4n) is 4.65. The van der Waals surface area contributed by atoms with Crippen molar-refractivity contribution >= 4 is 23.4 Å². The molecule has 2 aromatic carbocycles. The Morgan fingerprint density at radius 1 is 0.895 bits per heavy atom. The van der Waals surface area contributed by atoms with E-state index in [0.717, 1.165) is 30.1 Å². The highest BCUT2D eigenvalue weighted by Crippen LogP contribution is 2.29. The zero-order valence-corrected chi connectivity index (χ0v) is 24.2. The van der Waals surface area contributed by atoms with E-state index in [9.17, 15) is 4.79 Å². The molecule has 6 heteroatoms. The molecule has 0 spiro atoms. The Morgan fingerprint density at radius 2 is 1.61 bits per heavy atom. The van der Waals surface area contributed by atoms with Gasteiger partial charge < -0.3 is 19.7 Å². The van der Waals surface area contributed by atoms with Crippen molar-refractivity contribution in [2.75, 3.05) is 24.9 Å². The highest BCUT2D eigenvalue weighted by molar-refractivity contribution is 8.02. The number of rotatable bonds is 19. The number of unbranched alkanes of at least 4 members (excludes halogenated alkanes) is 11. The lowest BCUT2D eigenvalue weighted by molar-refractivity contribution is 0.102. The van der Waals surface area contributed by atoms with Crippen LogP contribution in [0.3, 0.4) is 0 Å². The van der Waals surface area contributed by atoms with Crippen molar-refractivity contribution in [1.29, 1.82) is 0 Å². The average Bonchev–Trinajstić information content (AvgIpc) is 3.44. The molecule has 1 heterocycles. The number of nitrogens with zero attached hydrogens (tertiary/aromatic N) is 1. The number of ether oxygens (including phenoxy) is 2. The van der Waals surface area contributed by atoms with Gasteiger partial charge in [-0.05, 0) is 47.7 Å². The summed E-state index contributed by atoms with van der Waals surface area (Å²) in [5.41, 5.74) is 2.51. The molecule has 0 radical (unpaired) electrons. The van der Waals surface area contributed by atoms with Gasteiger partial charge in [0.1, 0.15) is 0 Å². The number of hydrogen-bond donors (Lipinski definition) is 1.